The molecule has 3 rings (SSSR count). The molecule has 2 aromatic rings. The second-order valence-electron chi connectivity index (χ2n) is 6.33. The maximum atomic E-state index is 12.3. The molecule has 0 unspecified atom stereocenters. The Kier molecular flexibility index (Phi) is 5.17. The predicted octanol–water partition coefficient (Wildman–Crippen LogP) is 1.36. The molecule has 7 heteroatoms. The minimum absolute atomic E-state index is 0.214. The van der Waals surface area contributed by atoms with E-state index in [1.165, 1.54) is 11.3 Å². The highest BCUT2D eigenvalue weighted by atomic mass is 32.1. The first kappa shape index (κ1) is 17.6. The van der Waals surface area contributed by atoms with E-state index < -0.39 is 11.5 Å². The van der Waals surface area contributed by atoms with E-state index in [0.717, 1.165) is 24.1 Å². The lowest BCUT2D eigenvalue weighted by Crippen LogP contribution is -2.52. The molecule has 1 fully saturated rings. The summed E-state index contributed by atoms with van der Waals surface area (Å²) in [6.07, 6.45) is 1.58. The minimum Gasteiger partial charge on any atom is -0.387 e. The Hall–Kier alpha value is -2.22. The van der Waals surface area contributed by atoms with Crippen LogP contribution in [0.5, 0.6) is 0 Å². The van der Waals surface area contributed by atoms with Crippen LogP contribution in [0.1, 0.15) is 32.9 Å². The van der Waals surface area contributed by atoms with Gasteiger partial charge in [0.25, 0.3) is 11.8 Å². The molecule has 1 saturated heterocycles. The molecule has 5 N–H and O–H groups in total. The van der Waals surface area contributed by atoms with Gasteiger partial charge in [-0.2, -0.15) is 0 Å². The van der Waals surface area contributed by atoms with Crippen molar-refractivity contribution >= 4 is 23.2 Å². The number of thiophene rings is 1. The van der Waals surface area contributed by atoms with Gasteiger partial charge in [0.05, 0.1) is 10.5 Å². The number of nitrogens with two attached hydrogens (primary N) is 1. The van der Waals surface area contributed by atoms with Crippen molar-refractivity contribution in [3.8, 4) is 11.1 Å². The SMILES string of the molecule is NC(=O)c1cc(-c2ccc(C(=O)NC[C@]3(O)CCCNC3)cc2)cs1. The summed E-state index contributed by atoms with van der Waals surface area (Å²) in [6, 6.07) is 8.87. The van der Waals surface area contributed by atoms with Gasteiger partial charge in [0.2, 0.25) is 0 Å². The van der Waals surface area contributed by atoms with Crippen LogP contribution in [0.4, 0.5) is 0 Å². The van der Waals surface area contributed by atoms with Gasteiger partial charge >= 0.3 is 0 Å². The number of aliphatic hydroxyl groups is 1. The first-order chi connectivity index (χ1) is 12.0. The number of carbonyl (C=O) groups is 2. The number of carbonyl (C=O) groups excluding carboxylic acids is 2. The van der Waals surface area contributed by atoms with Gasteiger partial charge in [-0.05, 0) is 54.1 Å². The average molecular weight is 359 g/mol. The van der Waals surface area contributed by atoms with Crippen LogP contribution < -0.4 is 16.4 Å². The zero-order chi connectivity index (χ0) is 17.9. The maximum absolute atomic E-state index is 12.3. The lowest BCUT2D eigenvalue weighted by Gasteiger charge is -2.32. The van der Waals surface area contributed by atoms with E-state index in [9.17, 15) is 14.7 Å². The van der Waals surface area contributed by atoms with Crippen molar-refractivity contribution in [3.63, 3.8) is 0 Å². The summed E-state index contributed by atoms with van der Waals surface area (Å²) in [7, 11) is 0. The highest BCUT2D eigenvalue weighted by Gasteiger charge is 2.29. The number of amides is 2. The third-order valence-electron chi connectivity index (χ3n) is 4.35. The fourth-order valence-electron chi connectivity index (χ4n) is 2.88. The van der Waals surface area contributed by atoms with Gasteiger partial charge in [-0.15, -0.1) is 11.3 Å². The smallest absolute Gasteiger partial charge is 0.258 e. The Morgan fingerprint density at radius 2 is 2.04 bits per heavy atom. The molecule has 2 amide bonds. The number of rotatable bonds is 5. The molecule has 0 radical (unpaired) electrons. The lowest BCUT2D eigenvalue weighted by molar-refractivity contribution is 0.0170. The van der Waals surface area contributed by atoms with Crippen LogP contribution in [0, 0.1) is 0 Å². The van der Waals surface area contributed by atoms with Gasteiger partial charge in [-0.25, -0.2) is 0 Å². The molecule has 1 aromatic carbocycles. The van der Waals surface area contributed by atoms with Crippen LogP contribution in [0.25, 0.3) is 11.1 Å². The van der Waals surface area contributed by atoms with Gasteiger partial charge in [-0.1, -0.05) is 12.1 Å². The highest BCUT2D eigenvalue weighted by Crippen LogP contribution is 2.25. The number of primary amides is 1. The summed E-state index contributed by atoms with van der Waals surface area (Å²) in [6.45, 7) is 1.62. The molecule has 0 spiro atoms. The summed E-state index contributed by atoms with van der Waals surface area (Å²) in [5.41, 5.74) is 6.73. The van der Waals surface area contributed by atoms with Gasteiger partial charge in [0.1, 0.15) is 0 Å². The largest absolute Gasteiger partial charge is 0.387 e. The van der Waals surface area contributed by atoms with Crippen molar-refractivity contribution < 1.29 is 14.7 Å². The normalized spacial score (nSPS) is 20.2. The second kappa shape index (κ2) is 7.35. The van der Waals surface area contributed by atoms with Crippen molar-refractivity contribution in [2.45, 2.75) is 18.4 Å². The zero-order valence-electron chi connectivity index (χ0n) is 13.7. The molecule has 0 bridgehead atoms. The molecule has 25 heavy (non-hydrogen) atoms. The topological polar surface area (TPSA) is 104 Å². The maximum Gasteiger partial charge on any atom is 0.258 e. The molecule has 0 saturated carbocycles. The van der Waals surface area contributed by atoms with Crippen LogP contribution in [-0.4, -0.2) is 42.2 Å². The number of hydrogen-bond donors (Lipinski definition) is 4. The standard InChI is InChI=1S/C18H21N3O3S/c19-16(22)15-8-14(9-25-15)12-2-4-13(5-3-12)17(23)21-11-18(24)6-1-7-20-10-18/h2-5,8-9,20,24H,1,6-7,10-11H2,(H2,19,22)(H,21,23)/t18-/m0/s1. The van der Waals surface area contributed by atoms with E-state index in [1.54, 1.807) is 18.2 Å². The summed E-state index contributed by atoms with van der Waals surface area (Å²) >= 11 is 1.30. The van der Waals surface area contributed by atoms with E-state index in [2.05, 4.69) is 10.6 Å². The number of β-amino-alcohol motifs (C(OH)–C–C–N with tert-alkyl or cyclic N) is 1. The fourth-order valence-corrected chi connectivity index (χ4v) is 3.65. The molecule has 1 aliphatic heterocycles. The van der Waals surface area contributed by atoms with E-state index >= 15 is 0 Å². The Morgan fingerprint density at radius 1 is 1.28 bits per heavy atom. The molecule has 1 aliphatic rings. The third-order valence-corrected chi connectivity index (χ3v) is 5.30. The van der Waals surface area contributed by atoms with Crippen LogP contribution in [0.3, 0.4) is 0 Å². The molecule has 6 nitrogen and oxygen atoms in total. The summed E-state index contributed by atoms with van der Waals surface area (Å²) in [5, 5.41) is 18.2. The van der Waals surface area contributed by atoms with Crippen molar-refractivity contribution in [2.75, 3.05) is 19.6 Å². The van der Waals surface area contributed by atoms with Crippen molar-refractivity contribution in [1.29, 1.82) is 0 Å². The predicted molar refractivity (Wildman–Crippen MR) is 97.7 cm³/mol. The quantitative estimate of drug-likeness (QED) is 0.647. The molecule has 1 aromatic heterocycles. The summed E-state index contributed by atoms with van der Waals surface area (Å²) in [5.74, 6) is -0.656. The van der Waals surface area contributed by atoms with Crippen LogP contribution in [-0.2, 0) is 0 Å². The zero-order valence-corrected chi connectivity index (χ0v) is 14.6. The minimum atomic E-state index is -0.879. The van der Waals surface area contributed by atoms with Gasteiger partial charge < -0.3 is 21.5 Å². The number of hydrogen-bond acceptors (Lipinski definition) is 5. The van der Waals surface area contributed by atoms with Crippen molar-refractivity contribution in [2.24, 2.45) is 5.73 Å². The summed E-state index contributed by atoms with van der Waals surface area (Å²) < 4.78 is 0. The van der Waals surface area contributed by atoms with Gasteiger partial charge in [0, 0.05) is 18.7 Å². The Bertz CT molecular complexity index is 764. The average Bonchev–Trinajstić information content (AvgIpc) is 3.11. The second-order valence-corrected chi connectivity index (χ2v) is 7.24. The third kappa shape index (κ3) is 4.25. The Morgan fingerprint density at radius 3 is 2.64 bits per heavy atom. The van der Waals surface area contributed by atoms with Crippen LogP contribution in [0.15, 0.2) is 35.7 Å². The summed E-state index contributed by atoms with van der Waals surface area (Å²) in [4.78, 5) is 23.9. The number of benzene rings is 1. The van der Waals surface area contributed by atoms with E-state index in [4.69, 9.17) is 5.73 Å². The Balaban J connectivity index is 1.63. The van der Waals surface area contributed by atoms with Gasteiger partial charge in [0.15, 0.2) is 0 Å². The molecular weight excluding hydrogens is 338 g/mol. The van der Waals surface area contributed by atoms with Crippen molar-refractivity contribution in [3.05, 3.63) is 46.2 Å². The molecule has 2 heterocycles. The monoisotopic (exact) mass is 359 g/mol. The molecule has 1 atom stereocenters. The van der Waals surface area contributed by atoms with Crippen LogP contribution in [0.2, 0.25) is 0 Å². The molecule has 132 valence electrons. The van der Waals surface area contributed by atoms with Crippen molar-refractivity contribution in [1.82, 2.24) is 10.6 Å². The number of nitrogens with one attached hydrogen (secondary N) is 2. The highest BCUT2D eigenvalue weighted by molar-refractivity contribution is 7.12. The first-order valence-corrected chi connectivity index (χ1v) is 9.05. The fraction of sp³-hybridized carbons (Fsp3) is 0.333. The van der Waals surface area contributed by atoms with Crippen LogP contribution >= 0.6 is 11.3 Å². The lowest BCUT2D eigenvalue weighted by atomic mass is 9.94. The first-order valence-electron chi connectivity index (χ1n) is 8.17. The van der Waals surface area contributed by atoms with Gasteiger partial charge in [-0.3, -0.25) is 9.59 Å². The molecular formula is C18H21N3O3S. The van der Waals surface area contributed by atoms with E-state index in [-0.39, 0.29) is 12.5 Å². The number of piperidine rings is 1. The van der Waals surface area contributed by atoms with E-state index in [1.807, 2.05) is 17.5 Å². The Labute approximate surface area is 150 Å². The van der Waals surface area contributed by atoms with E-state index in [0.29, 0.717) is 23.4 Å². The molecule has 0 aliphatic carbocycles.